The van der Waals surface area contributed by atoms with Crippen molar-refractivity contribution in [3.05, 3.63) is 66.7 Å². The van der Waals surface area contributed by atoms with Crippen molar-refractivity contribution in [2.24, 2.45) is 0 Å². The molecule has 0 radical (unpaired) electrons. The van der Waals surface area contributed by atoms with Crippen molar-refractivity contribution < 1.29 is 4.79 Å². The van der Waals surface area contributed by atoms with Crippen molar-refractivity contribution in [2.45, 2.75) is 0 Å². The Hall–Kier alpha value is -2.82. The van der Waals surface area contributed by atoms with E-state index in [2.05, 4.69) is 15.5 Å². The molecule has 0 aliphatic carbocycles. The van der Waals surface area contributed by atoms with Gasteiger partial charge in [-0.25, -0.2) is 0 Å². The molecule has 19 heavy (non-hydrogen) atoms. The van der Waals surface area contributed by atoms with Crippen LogP contribution in [0, 0.1) is 0 Å². The van der Waals surface area contributed by atoms with Gasteiger partial charge >= 0.3 is 0 Å². The smallest absolute Gasteiger partial charge is 0.258 e. The van der Waals surface area contributed by atoms with Gasteiger partial charge in [-0.05, 0) is 24.3 Å². The van der Waals surface area contributed by atoms with Crippen molar-refractivity contribution in [3.8, 4) is 5.69 Å². The molecule has 3 aromatic rings. The zero-order valence-electron chi connectivity index (χ0n) is 10.1. The Kier molecular flexibility index (Phi) is 2.86. The van der Waals surface area contributed by atoms with Gasteiger partial charge in [-0.1, -0.05) is 12.1 Å². The van der Waals surface area contributed by atoms with Gasteiger partial charge in [-0.3, -0.25) is 9.89 Å². The lowest BCUT2D eigenvalue weighted by atomic mass is 10.2. The highest BCUT2D eigenvalue weighted by Gasteiger charge is 2.10. The van der Waals surface area contributed by atoms with E-state index in [1.165, 1.54) is 6.20 Å². The maximum absolute atomic E-state index is 12.0. The van der Waals surface area contributed by atoms with Crippen LogP contribution in [-0.2, 0) is 0 Å². The van der Waals surface area contributed by atoms with Gasteiger partial charge in [0.15, 0.2) is 0 Å². The van der Waals surface area contributed by atoms with E-state index in [1.54, 1.807) is 6.20 Å². The number of para-hydroxylation sites is 2. The number of amides is 1. The van der Waals surface area contributed by atoms with Crippen LogP contribution in [0.5, 0.6) is 0 Å². The molecule has 5 heteroatoms. The third-order valence-electron chi connectivity index (χ3n) is 2.80. The molecule has 0 unspecified atom stereocenters. The van der Waals surface area contributed by atoms with Crippen molar-refractivity contribution in [3.63, 3.8) is 0 Å². The van der Waals surface area contributed by atoms with Crippen LogP contribution < -0.4 is 5.32 Å². The number of anilines is 1. The van der Waals surface area contributed by atoms with E-state index < -0.39 is 0 Å². The van der Waals surface area contributed by atoms with Gasteiger partial charge < -0.3 is 9.88 Å². The Morgan fingerprint density at radius 1 is 1.16 bits per heavy atom. The molecule has 0 atom stereocenters. The summed E-state index contributed by atoms with van der Waals surface area (Å²) in [6.07, 6.45) is 6.92. The van der Waals surface area contributed by atoms with Crippen molar-refractivity contribution in [1.29, 1.82) is 0 Å². The van der Waals surface area contributed by atoms with Gasteiger partial charge in [0.2, 0.25) is 0 Å². The van der Waals surface area contributed by atoms with Gasteiger partial charge in [0.1, 0.15) is 0 Å². The fraction of sp³-hybridized carbons (Fsp3) is 0. The number of benzene rings is 1. The number of aromatic nitrogens is 3. The van der Waals surface area contributed by atoms with Crippen LogP contribution in [0.2, 0.25) is 0 Å². The monoisotopic (exact) mass is 252 g/mol. The number of nitrogens with zero attached hydrogens (tertiary/aromatic N) is 2. The summed E-state index contributed by atoms with van der Waals surface area (Å²) in [5.74, 6) is -0.187. The molecule has 0 aliphatic heterocycles. The van der Waals surface area contributed by atoms with Crippen molar-refractivity contribution >= 4 is 11.6 Å². The first-order chi connectivity index (χ1) is 9.34. The molecule has 1 amide bonds. The van der Waals surface area contributed by atoms with Crippen LogP contribution in [0.25, 0.3) is 5.69 Å². The maximum Gasteiger partial charge on any atom is 0.258 e. The summed E-state index contributed by atoms with van der Waals surface area (Å²) >= 11 is 0. The molecule has 2 aromatic heterocycles. The Labute approximate surface area is 109 Å². The van der Waals surface area contributed by atoms with E-state index in [9.17, 15) is 4.79 Å². The van der Waals surface area contributed by atoms with Gasteiger partial charge in [0.25, 0.3) is 5.91 Å². The highest BCUT2D eigenvalue weighted by molar-refractivity contribution is 6.04. The summed E-state index contributed by atoms with van der Waals surface area (Å²) in [5, 5.41) is 9.27. The number of nitrogens with one attached hydrogen (secondary N) is 2. The first-order valence-electron chi connectivity index (χ1n) is 5.87. The Morgan fingerprint density at radius 2 is 1.95 bits per heavy atom. The average molecular weight is 252 g/mol. The summed E-state index contributed by atoms with van der Waals surface area (Å²) in [7, 11) is 0. The molecule has 0 spiro atoms. The molecule has 0 aliphatic rings. The second kappa shape index (κ2) is 4.81. The normalized spacial score (nSPS) is 10.3. The Morgan fingerprint density at radius 3 is 2.68 bits per heavy atom. The molecular formula is C14H12N4O. The number of aromatic amines is 1. The number of carbonyl (C=O) groups excluding carboxylic acids is 1. The van der Waals surface area contributed by atoms with E-state index in [0.29, 0.717) is 5.56 Å². The summed E-state index contributed by atoms with van der Waals surface area (Å²) in [6, 6.07) is 11.5. The third kappa shape index (κ3) is 2.26. The molecule has 0 saturated carbocycles. The zero-order chi connectivity index (χ0) is 13.1. The van der Waals surface area contributed by atoms with Crippen LogP contribution in [0.15, 0.2) is 61.2 Å². The van der Waals surface area contributed by atoms with E-state index in [1.807, 2.05) is 53.4 Å². The first kappa shape index (κ1) is 11.3. The largest absolute Gasteiger partial charge is 0.322 e. The van der Waals surface area contributed by atoms with Gasteiger partial charge in [0, 0.05) is 18.6 Å². The SMILES string of the molecule is O=C(Nc1ccccc1-n1cccc1)c1cn[nH]c1. The average Bonchev–Trinajstić information content (AvgIpc) is 3.13. The number of rotatable bonds is 3. The first-order valence-corrected chi connectivity index (χ1v) is 5.87. The molecule has 2 N–H and O–H groups in total. The number of H-pyrrole nitrogens is 1. The molecule has 94 valence electrons. The quantitative estimate of drug-likeness (QED) is 0.752. The lowest BCUT2D eigenvalue weighted by molar-refractivity contribution is 0.102. The van der Waals surface area contributed by atoms with Gasteiger partial charge in [0.05, 0.1) is 23.1 Å². The van der Waals surface area contributed by atoms with E-state index >= 15 is 0 Å². The molecule has 1 aromatic carbocycles. The summed E-state index contributed by atoms with van der Waals surface area (Å²) < 4.78 is 1.95. The minimum absolute atomic E-state index is 0.187. The minimum Gasteiger partial charge on any atom is -0.322 e. The number of hydrogen-bond acceptors (Lipinski definition) is 2. The molecule has 3 rings (SSSR count). The lowest BCUT2D eigenvalue weighted by Crippen LogP contribution is -2.12. The van der Waals surface area contributed by atoms with Crippen LogP contribution in [-0.4, -0.2) is 20.7 Å². The molecule has 5 nitrogen and oxygen atoms in total. The van der Waals surface area contributed by atoms with E-state index in [-0.39, 0.29) is 5.91 Å². The Bertz CT molecular complexity index is 671. The van der Waals surface area contributed by atoms with Crippen molar-refractivity contribution in [2.75, 3.05) is 5.32 Å². The second-order valence-corrected chi connectivity index (χ2v) is 4.05. The fourth-order valence-corrected chi connectivity index (χ4v) is 1.87. The number of carbonyl (C=O) groups is 1. The second-order valence-electron chi connectivity index (χ2n) is 4.05. The van der Waals surface area contributed by atoms with Crippen molar-refractivity contribution in [1.82, 2.24) is 14.8 Å². The Balaban J connectivity index is 1.92. The topological polar surface area (TPSA) is 62.7 Å². The predicted molar refractivity (Wildman–Crippen MR) is 72.3 cm³/mol. The van der Waals surface area contributed by atoms with E-state index in [0.717, 1.165) is 11.4 Å². The summed E-state index contributed by atoms with van der Waals surface area (Å²) in [4.78, 5) is 12.0. The molecule has 0 fully saturated rings. The number of hydrogen-bond donors (Lipinski definition) is 2. The molecular weight excluding hydrogens is 240 g/mol. The van der Waals surface area contributed by atoms with Gasteiger partial charge in [-0.2, -0.15) is 5.10 Å². The molecule has 2 heterocycles. The molecule has 0 saturated heterocycles. The van der Waals surface area contributed by atoms with Crippen LogP contribution in [0.1, 0.15) is 10.4 Å². The van der Waals surface area contributed by atoms with Crippen LogP contribution in [0.3, 0.4) is 0 Å². The third-order valence-corrected chi connectivity index (χ3v) is 2.80. The zero-order valence-corrected chi connectivity index (χ0v) is 10.1. The highest BCUT2D eigenvalue weighted by atomic mass is 16.1. The van der Waals surface area contributed by atoms with Crippen LogP contribution in [0.4, 0.5) is 5.69 Å². The fourth-order valence-electron chi connectivity index (χ4n) is 1.87. The minimum atomic E-state index is -0.187. The van der Waals surface area contributed by atoms with Crippen LogP contribution >= 0.6 is 0 Å². The standard InChI is InChI=1S/C14H12N4O/c19-14(11-9-15-16-10-11)17-12-5-1-2-6-13(12)18-7-3-4-8-18/h1-10H,(H,15,16)(H,17,19). The molecule has 0 bridgehead atoms. The highest BCUT2D eigenvalue weighted by Crippen LogP contribution is 2.20. The summed E-state index contributed by atoms with van der Waals surface area (Å²) in [6.45, 7) is 0. The van der Waals surface area contributed by atoms with Gasteiger partial charge in [-0.15, -0.1) is 0 Å². The lowest BCUT2D eigenvalue weighted by Gasteiger charge is -2.11. The van der Waals surface area contributed by atoms with E-state index in [4.69, 9.17) is 0 Å². The maximum atomic E-state index is 12.0. The summed E-state index contributed by atoms with van der Waals surface area (Å²) in [5.41, 5.74) is 2.18. The predicted octanol–water partition coefficient (Wildman–Crippen LogP) is 2.45.